The van der Waals surface area contributed by atoms with Gasteiger partial charge in [0.05, 0.1) is 23.7 Å². The van der Waals surface area contributed by atoms with Gasteiger partial charge in [0.15, 0.2) is 0 Å². The molecule has 0 saturated heterocycles. The number of aryl methyl sites for hydroxylation is 1. The fourth-order valence-electron chi connectivity index (χ4n) is 2.09. The zero-order chi connectivity index (χ0) is 20.0. The maximum Gasteiger partial charge on any atom is 0.253 e. The number of carbonyl (C=O) groups excluding carboxylic acids is 3. The van der Waals surface area contributed by atoms with E-state index >= 15 is 0 Å². The van der Waals surface area contributed by atoms with E-state index in [1.807, 2.05) is 0 Å². The first kappa shape index (κ1) is 20.7. The Morgan fingerprint density at radius 1 is 0.963 bits per heavy atom. The van der Waals surface area contributed by atoms with Gasteiger partial charge in [-0.1, -0.05) is 29.3 Å². The highest BCUT2D eigenvalue weighted by atomic mass is 35.5. The van der Waals surface area contributed by atoms with Crippen LogP contribution in [0.15, 0.2) is 36.4 Å². The van der Waals surface area contributed by atoms with Crippen LogP contribution in [0.3, 0.4) is 0 Å². The second-order valence-corrected chi connectivity index (χ2v) is 6.43. The number of nitrogens with one attached hydrogen (secondary N) is 3. The van der Waals surface area contributed by atoms with Crippen LogP contribution in [-0.4, -0.2) is 30.8 Å². The maximum atomic E-state index is 13.2. The van der Waals surface area contributed by atoms with Crippen LogP contribution in [0.1, 0.15) is 15.9 Å². The first-order chi connectivity index (χ1) is 12.8. The molecule has 2 aromatic rings. The van der Waals surface area contributed by atoms with Crippen LogP contribution in [0.2, 0.25) is 10.0 Å². The third-order valence-electron chi connectivity index (χ3n) is 3.51. The normalized spacial score (nSPS) is 10.2. The Labute approximate surface area is 165 Å². The Bertz CT molecular complexity index is 890. The van der Waals surface area contributed by atoms with Gasteiger partial charge in [-0.05, 0) is 42.8 Å². The van der Waals surface area contributed by atoms with Crippen LogP contribution in [0.5, 0.6) is 0 Å². The summed E-state index contributed by atoms with van der Waals surface area (Å²) in [5.74, 6) is -2.13. The molecule has 0 fully saturated rings. The van der Waals surface area contributed by atoms with E-state index in [-0.39, 0.29) is 23.7 Å². The number of benzene rings is 2. The predicted molar refractivity (Wildman–Crippen MR) is 102 cm³/mol. The molecule has 6 nitrogen and oxygen atoms in total. The van der Waals surface area contributed by atoms with Crippen molar-refractivity contribution in [2.45, 2.75) is 6.92 Å². The molecule has 9 heteroatoms. The van der Waals surface area contributed by atoms with Gasteiger partial charge in [0.1, 0.15) is 5.82 Å². The minimum atomic E-state index is -0.570. The maximum absolute atomic E-state index is 13.2. The lowest BCUT2D eigenvalue weighted by Crippen LogP contribution is -2.40. The Morgan fingerprint density at radius 3 is 2.37 bits per heavy atom. The van der Waals surface area contributed by atoms with E-state index < -0.39 is 23.5 Å². The van der Waals surface area contributed by atoms with Gasteiger partial charge in [-0.3, -0.25) is 14.4 Å². The zero-order valence-corrected chi connectivity index (χ0v) is 15.7. The van der Waals surface area contributed by atoms with Gasteiger partial charge in [0.25, 0.3) is 5.91 Å². The molecule has 0 unspecified atom stereocenters. The molecule has 0 heterocycles. The smallest absolute Gasteiger partial charge is 0.253 e. The van der Waals surface area contributed by atoms with Crippen LogP contribution in [-0.2, 0) is 9.59 Å². The summed E-state index contributed by atoms with van der Waals surface area (Å²) >= 11 is 11.7. The Hall–Kier alpha value is -2.64. The van der Waals surface area contributed by atoms with E-state index in [0.717, 1.165) is 0 Å². The third kappa shape index (κ3) is 6.23. The SMILES string of the molecule is Cc1ccc(F)cc1NC(=O)CNC(=O)CNC(=O)c1ccc(Cl)cc1Cl. The highest BCUT2D eigenvalue weighted by Gasteiger charge is 2.13. The molecular weight excluding hydrogens is 396 g/mol. The van der Waals surface area contributed by atoms with Crippen LogP contribution >= 0.6 is 23.2 Å². The van der Waals surface area contributed by atoms with Crippen molar-refractivity contribution >= 4 is 46.6 Å². The first-order valence-corrected chi connectivity index (χ1v) is 8.58. The topological polar surface area (TPSA) is 87.3 Å². The molecule has 2 aromatic carbocycles. The van der Waals surface area contributed by atoms with Gasteiger partial charge in [0, 0.05) is 10.7 Å². The number of hydrogen-bond donors (Lipinski definition) is 3. The summed E-state index contributed by atoms with van der Waals surface area (Å²) in [6.45, 7) is 1.04. The summed E-state index contributed by atoms with van der Waals surface area (Å²) in [6, 6.07) is 8.35. The Balaban J connectivity index is 1.79. The summed E-state index contributed by atoms with van der Waals surface area (Å²) in [5.41, 5.74) is 1.18. The molecule has 27 heavy (non-hydrogen) atoms. The molecule has 0 aliphatic heterocycles. The van der Waals surface area contributed by atoms with Crippen LogP contribution < -0.4 is 16.0 Å². The molecule has 0 aliphatic rings. The zero-order valence-electron chi connectivity index (χ0n) is 14.2. The predicted octanol–water partition coefficient (Wildman–Crippen LogP) is 2.93. The average molecular weight is 412 g/mol. The standard InChI is InChI=1S/C18H16Cl2FN3O3/c1-10-2-4-12(21)7-15(10)24-17(26)9-22-16(25)8-23-18(27)13-5-3-11(19)6-14(13)20/h2-7H,8-9H2,1H3,(H,22,25)(H,23,27)(H,24,26). The van der Waals surface area contributed by atoms with Gasteiger partial charge in [-0.25, -0.2) is 4.39 Å². The molecule has 2 rings (SSSR count). The van der Waals surface area contributed by atoms with Gasteiger partial charge < -0.3 is 16.0 Å². The fraction of sp³-hybridized carbons (Fsp3) is 0.167. The average Bonchev–Trinajstić information content (AvgIpc) is 2.61. The third-order valence-corrected chi connectivity index (χ3v) is 4.05. The summed E-state index contributed by atoms with van der Waals surface area (Å²) < 4.78 is 13.2. The van der Waals surface area contributed by atoms with E-state index in [1.54, 1.807) is 6.92 Å². The second kappa shape index (κ2) is 9.34. The van der Waals surface area contributed by atoms with Gasteiger partial charge in [0.2, 0.25) is 11.8 Å². The van der Waals surface area contributed by atoms with Crippen LogP contribution in [0, 0.1) is 12.7 Å². The molecule has 3 amide bonds. The van der Waals surface area contributed by atoms with Crippen molar-refractivity contribution in [2.75, 3.05) is 18.4 Å². The second-order valence-electron chi connectivity index (χ2n) is 5.59. The number of amides is 3. The van der Waals surface area contributed by atoms with Crippen molar-refractivity contribution in [3.63, 3.8) is 0 Å². The van der Waals surface area contributed by atoms with Crippen molar-refractivity contribution in [3.8, 4) is 0 Å². The Morgan fingerprint density at radius 2 is 1.67 bits per heavy atom. The van der Waals surface area contributed by atoms with Gasteiger partial charge in [-0.15, -0.1) is 0 Å². The van der Waals surface area contributed by atoms with E-state index in [0.29, 0.717) is 16.3 Å². The quantitative estimate of drug-likeness (QED) is 0.682. The molecular formula is C18H16Cl2FN3O3. The number of hydrogen-bond acceptors (Lipinski definition) is 3. The summed E-state index contributed by atoms with van der Waals surface area (Å²) in [6.07, 6.45) is 0. The van der Waals surface area contributed by atoms with Crippen LogP contribution in [0.25, 0.3) is 0 Å². The minimum Gasteiger partial charge on any atom is -0.345 e. The van der Waals surface area contributed by atoms with E-state index in [9.17, 15) is 18.8 Å². The monoisotopic (exact) mass is 411 g/mol. The highest BCUT2D eigenvalue weighted by Crippen LogP contribution is 2.20. The van der Waals surface area contributed by atoms with Crippen molar-refractivity contribution < 1.29 is 18.8 Å². The summed E-state index contributed by atoms with van der Waals surface area (Å²) in [7, 11) is 0. The van der Waals surface area contributed by atoms with Crippen molar-refractivity contribution in [3.05, 3.63) is 63.4 Å². The van der Waals surface area contributed by atoms with Gasteiger partial charge in [-0.2, -0.15) is 0 Å². The fourth-order valence-corrected chi connectivity index (χ4v) is 2.59. The lowest BCUT2D eigenvalue weighted by atomic mass is 10.2. The van der Waals surface area contributed by atoms with E-state index in [4.69, 9.17) is 23.2 Å². The molecule has 3 N–H and O–H groups in total. The molecule has 0 spiro atoms. The first-order valence-electron chi connectivity index (χ1n) is 7.82. The lowest BCUT2D eigenvalue weighted by Gasteiger charge is -2.10. The van der Waals surface area contributed by atoms with E-state index in [1.165, 1.54) is 36.4 Å². The molecule has 0 bridgehead atoms. The van der Waals surface area contributed by atoms with Crippen LogP contribution in [0.4, 0.5) is 10.1 Å². The van der Waals surface area contributed by atoms with Crippen molar-refractivity contribution in [2.24, 2.45) is 0 Å². The molecule has 0 atom stereocenters. The number of anilines is 1. The molecule has 0 aliphatic carbocycles. The summed E-state index contributed by atoms with van der Waals surface area (Å²) in [4.78, 5) is 35.6. The molecule has 0 aromatic heterocycles. The molecule has 142 valence electrons. The number of rotatable bonds is 6. The minimum absolute atomic E-state index is 0.158. The summed E-state index contributed by atoms with van der Waals surface area (Å²) in [5, 5.41) is 7.78. The van der Waals surface area contributed by atoms with E-state index in [2.05, 4.69) is 16.0 Å². The highest BCUT2D eigenvalue weighted by molar-refractivity contribution is 6.36. The number of halogens is 3. The van der Waals surface area contributed by atoms with Crippen molar-refractivity contribution in [1.82, 2.24) is 10.6 Å². The molecule has 0 radical (unpaired) electrons. The van der Waals surface area contributed by atoms with Crippen molar-refractivity contribution in [1.29, 1.82) is 0 Å². The largest absolute Gasteiger partial charge is 0.345 e. The number of carbonyl (C=O) groups is 3. The lowest BCUT2D eigenvalue weighted by molar-refractivity contribution is -0.123. The molecule has 0 saturated carbocycles. The Kier molecular flexibility index (Phi) is 7.15. The van der Waals surface area contributed by atoms with Gasteiger partial charge >= 0.3 is 0 Å².